The van der Waals surface area contributed by atoms with E-state index in [1.807, 2.05) is 0 Å². The van der Waals surface area contributed by atoms with Crippen LogP contribution < -0.4 is 5.32 Å². The van der Waals surface area contributed by atoms with Gasteiger partial charge in [0, 0.05) is 12.6 Å². The maximum atomic E-state index is 3.57. The molecule has 0 aliphatic carbocycles. The molecule has 0 bridgehead atoms. The van der Waals surface area contributed by atoms with E-state index >= 15 is 0 Å². The minimum atomic E-state index is 0.380. The zero-order valence-electron chi connectivity index (χ0n) is 11.4. The maximum absolute atomic E-state index is 3.57. The summed E-state index contributed by atoms with van der Waals surface area (Å²) < 4.78 is 0. The first kappa shape index (κ1) is 12.8. The molecule has 0 heterocycles. The Morgan fingerprint density at radius 2 is 1.61 bits per heavy atom. The molecule has 94 valence electrons. The van der Waals surface area contributed by atoms with E-state index in [1.165, 1.54) is 22.3 Å². The molecule has 0 saturated carbocycles. The average Bonchev–Trinajstić information content (AvgIpc) is 2.36. The molecule has 0 radical (unpaired) electrons. The van der Waals surface area contributed by atoms with Gasteiger partial charge in [0.25, 0.3) is 0 Å². The van der Waals surface area contributed by atoms with Gasteiger partial charge in [-0.3, -0.25) is 0 Å². The topological polar surface area (TPSA) is 12.0 Å². The van der Waals surface area contributed by atoms with Gasteiger partial charge in [-0.1, -0.05) is 59.7 Å². The molecule has 1 unspecified atom stereocenters. The van der Waals surface area contributed by atoms with Crippen molar-refractivity contribution in [2.45, 2.75) is 33.4 Å². The van der Waals surface area contributed by atoms with Crippen LogP contribution in [0, 0.1) is 13.8 Å². The van der Waals surface area contributed by atoms with Gasteiger partial charge in [0.15, 0.2) is 0 Å². The fourth-order valence-corrected chi connectivity index (χ4v) is 2.15. The van der Waals surface area contributed by atoms with Crippen molar-refractivity contribution in [1.29, 1.82) is 0 Å². The third-order valence-corrected chi connectivity index (χ3v) is 3.24. The first-order valence-electron chi connectivity index (χ1n) is 6.50. The number of hydrogen-bond acceptors (Lipinski definition) is 1. The van der Waals surface area contributed by atoms with Crippen molar-refractivity contribution >= 4 is 0 Å². The molecule has 1 atom stereocenters. The monoisotopic (exact) mass is 239 g/mol. The Balaban J connectivity index is 1.98. The molecular formula is C17H21N. The molecule has 1 N–H and O–H groups in total. The predicted molar refractivity (Wildman–Crippen MR) is 77.6 cm³/mol. The highest BCUT2D eigenvalue weighted by molar-refractivity contribution is 5.25. The van der Waals surface area contributed by atoms with Crippen LogP contribution in [0.2, 0.25) is 0 Å². The van der Waals surface area contributed by atoms with Crippen molar-refractivity contribution in [3.05, 3.63) is 70.8 Å². The molecule has 0 aliphatic rings. The maximum Gasteiger partial charge on any atom is 0.0295 e. The van der Waals surface area contributed by atoms with Gasteiger partial charge in [0.1, 0.15) is 0 Å². The van der Waals surface area contributed by atoms with Crippen molar-refractivity contribution in [1.82, 2.24) is 5.32 Å². The Morgan fingerprint density at radius 3 is 2.28 bits per heavy atom. The van der Waals surface area contributed by atoms with Crippen molar-refractivity contribution in [3.63, 3.8) is 0 Å². The molecule has 0 spiro atoms. The highest BCUT2D eigenvalue weighted by Gasteiger charge is 2.04. The van der Waals surface area contributed by atoms with Gasteiger partial charge < -0.3 is 5.32 Å². The number of benzene rings is 2. The normalized spacial score (nSPS) is 12.4. The SMILES string of the molecule is Cc1cccc(CNC(C)c2cccc(C)c2)c1. The predicted octanol–water partition coefficient (Wildman–Crippen LogP) is 4.15. The lowest BCUT2D eigenvalue weighted by atomic mass is 10.1. The van der Waals surface area contributed by atoms with E-state index in [9.17, 15) is 0 Å². The van der Waals surface area contributed by atoms with Crippen LogP contribution in [0.4, 0.5) is 0 Å². The minimum absolute atomic E-state index is 0.380. The van der Waals surface area contributed by atoms with E-state index in [-0.39, 0.29) is 0 Å². The summed E-state index contributed by atoms with van der Waals surface area (Å²) >= 11 is 0. The second-order valence-electron chi connectivity index (χ2n) is 5.01. The Morgan fingerprint density at radius 1 is 0.944 bits per heavy atom. The van der Waals surface area contributed by atoms with Crippen molar-refractivity contribution in [2.75, 3.05) is 0 Å². The molecule has 2 rings (SSSR count). The molecule has 1 nitrogen and oxygen atoms in total. The molecule has 0 aromatic heterocycles. The summed E-state index contributed by atoms with van der Waals surface area (Å²) in [4.78, 5) is 0. The van der Waals surface area contributed by atoms with Crippen molar-refractivity contribution in [3.8, 4) is 0 Å². The van der Waals surface area contributed by atoms with Gasteiger partial charge >= 0.3 is 0 Å². The number of hydrogen-bond donors (Lipinski definition) is 1. The fraction of sp³-hybridized carbons (Fsp3) is 0.294. The van der Waals surface area contributed by atoms with E-state index < -0.39 is 0 Å². The zero-order valence-corrected chi connectivity index (χ0v) is 11.4. The van der Waals surface area contributed by atoms with E-state index in [4.69, 9.17) is 0 Å². The number of nitrogens with one attached hydrogen (secondary N) is 1. The quantitative estimate of drug-likeness (QED) is 0.845. The Bertz CT molecular complexity index is 517. The number of aryl methyl sites for hydroxylation is 2. The van der Waals surface area contributed by atoms with Crippen LogP contribution in [0.3, 0.4) is 0 Å². The molecule has 18 heavy (non-hydrogen) atoms. The highest BCUT2D eigenvalue weighted by Crippen LogP contribution is 2.14. The van der Waals surface area contributed by atoms with Crippen LogP contribution >= 0.6 is 0 Å². The summed E-state index contributed by atoms with van der Waals surface area (Å²) in [6, 6.07) is 17.7. The molecular weight excluding hydrogens is 218 g/mol. The summed E-state index contributed by atoms with van der Waals surface area (Å²) in [6.07, 6.45) is 0. The van der Waals surface area contributed by atoms with E-state index in [1.54, 1.807) is 0 Å². The lowest BCUT2D eigenvalue weighted by Gasteiger charge is -2.15. The van der Waals surface area contributed by atoms with Crippen LogP contribution in [0.5, 0.6) is 0 Å². The third kappa shape index (κ3) is 3.44. The molecule has 0 fully saturated rings. The highest BCUT2D eigenvalue weighted by atomic mass is 14.9. The molecule has 2 aromatic carbocycles. The van der Waals surface area contributed by atoms with Crippen LogP contribution in [0.25, 0.3) is 0 Å². The third-order valence-electron chi connectivity index (χ3n) is 3.24. The van der Waals surface area contributed by atoms with E-state index in [0.29, 0.717) is 6.04 Å². The summed E-state index contributed by atoms with van der Waals surface area (Å²) in [5.74, 6) is 0. The summed E-state index contributed by atoms with van der Waals surface area (Å²) in [5.41, 5.74) is 5.33. The lowest BCUT2D eigenvalue weighted by Crippen LogP contribution is -2.18. The minimum Gasteiger partial charge on any atom is -0.306 e. The Hall–Kier alpha value is -1.60. The molecule has 2 aromatic rings. The standard InChI is InChI=1S/C17H21N/c1-13-6-4-8-16(10-13)12-18-15(3)17-9-5-7-14(2)11-17/h4-11,15,18H,12H2,1-3H3. The molecule has 0 aliphatic heterocycles. The summed E-state index contributed by atoms with van der Waals surface area (Å²) in [6.45, 7) is 7.39. The van der Waals surface area contributed by atoms with Crippen LogP contribution in [0.1, 0.15) is 35.2 Å². The smallest absolute Gasteiger partial charge is 0.0295 e. The van der Waals surface area contributed by atoms with Gasteiger partial charge in [-0.25, -0.2) is 0 Å². The van der Waals surface area contributed by atoms with Gasteiger partial charge in [0.05, 0.1) is 0 Å². The Kier molecular flexibility index (Phi) is 4.16. The average molecular weight is 239 g/mol. The first-order chi connectivity index (χ1) is 8.65. The second kappa shape index (κ2) is 5.83. The van der Waals surface area contributed by atoms with Crippen LogP contribution in [0.15, 0.2) is 48.5 Å². The lowest BCUT2D eigenvalue weighted by molar-refractivity contribution is 0.574. The fourth-order valence-electron chi connectivity index (χ4n) is 2.15. The second-order valence-corrected chi connectivity index (χ2v) is 5.01. The summed E-state index contributed by atoms with van der Waals surface area (Å²) in [7, 11) is 0. The zero-order chi connectivity index (χ0) is 13.0. The van der Waals surface area contributed by atoms with Crippen LogP contribution in [-0.4, -0.2) is 0 Å². The first-order valence-corrected chi connectivity index (χ1v) is 6.50. The largest absolute Gasteiger partial charge is 0.306 e. The van der Waals surface area contributed by atoms with Gasteiger partial charge in [-0.05, 0) is 31.9 Å². The molecule has 0 amide bonds. The van der Waals surface area contributed by atoms with Gasteiger partial charge in [0.2, 0.25) is 0 Å². The number of rotatable bonds is 4. The van der Waals surface area contributed by atoms with Crippen molar-refractivity contribution < 1.29 is 0 Å². The van der Waals surface area contributed by atoms with Crippen molar-refractivity contribution in [2.24, 2.45) is 0 Å². The Labute approximate surface area is 110 Å². The summed E-state index contributed by atoms with van der Waals surface area (Å²) in [5, 5.41) is 3.57. The molecule has 0 saturated heterocycles. The van der Waals surface area contributed by atoms with Crippen LogP contribution in [-0.2, 0) is 6.54 Å². The van der Waals surface area contributed by atoms with E-state index in [2.05, 4.69) is 74.6 Å². The molecule has 1 heteroatoms. The van der Waals surface area contributed by atoms with Gasteiger partial charge in [-0.2, -0.15) is 0 Å². The van der Waals surface area contributed by atoms with E-state index in [0.717, 1.165) is 6.54 Å². The van der Waals surface area contributed by atoms with Gasteiger partial charge in [-0.15, -0.1) is 0 Å².